The zero-order valence-corrected chi connectivity index (χ0v) is 8.37. The van der Waals surface area contributed by atoms with Crippen molar-refractivity contribution in [2.24, 2.45) is 0 Å². The second-order valence-corrected chi connectivity index (χ2v) is 4.08. The Hall–Kier alpha value is -0.870. The van der Waals surface area contributed by atoms with E-state index in [1.54, 1.807) is 11.4 Å². The third kappa shape index (κ3) is 1.35. The lowest BCUT2D eigenvalue weighted by molar-refractivity contribution is 0.153. The first-order valence-corrected chi connectivity index (χ1v) is 5.03. The van der Waals surface area contributed by atoms with Crippen molar-refractivity contribution in [3.05, 3.63) is 28.1 Å². The fourth-order valence-corrected chi connectivity index (χ4v) is 2.39. The molecular formula is C9H5ClF2OS. The Kier molecular flexibility index (Phi) is 2.33. The number of rotatable bonds is 1. The van der Waals surface area contributed by atoms with E-state index in [1.165, 1.54) is 17.4 Å². The second kappa shape index (κ2) is 3.37. The van der Waals surface area contributed by atoms with E-state index in [0.29, 0.717) is 10.1 Å². The molecule has 0 aliphatic rings. The number of halogens is 3. The van der Waals surface area contributed by atoms with Crippen molar-refractivity contribution in [1.29, 1.82) is 0 Å². The molecule has 1 nitrogen and oxygen atoms in total. The zero-order valence-electron chi connectivity index (χ0n) is 6.80. The zero-order chi connectivity index (χ0) is 10.3. The van der Waals surface area contributed by atoms with Gasteiger partial charge in [0.1, 0.15) is 5.75 Å². The molecule has 1 aromatic heterocycles. The van der Waals surface area contributed by atoms with Crippen LogP contribution in [0.5, 0.6) is 5.75 Å². The van der Waals surface area contributed by atoms with Crippen molar-refractivity contribution in [3.63, 3.8) is 0 Å². The first-order valence-electron chi connectivity index (χ1n) is 3.78. The molecule has 0 saturated heterocycles. The molecule has 2 aromatic rings. The van der Waals surface area contributed by atoms with Gasteiger partial charge in [-0.3, -0.25) is 0 Å². The maximum Gasteiger partial charge on any atom is 0.266 e. The van der Waals surface area contributed by atoms with Crippen LogP contribution in [0.2, 0.25) is 5.02 Å². The van der Waals surface area contributed by atoms with Crippen molar-refractivity contribution < 1.29 is 13.9 Å². The van der Waals surface area contributed by atoms with Gasteiger partial charge in [-0.25, -0.2) is 8.78 Å². The van der Waals surface area contributed by atoms with E-state index in [1.807, 2.05) is 0 Å². The van der Waals surface area contributed by atoms with Crippen LogP contribution < -0.4 is 0 Å². The first kappa shape index (κ1) is 9.68. The predicted molar refractivity (Wildman–Crippen MR) is 53.5 cm³/mol. The van der Waals surface area contributed by atoms with Gasteiger partial charge in [0.25, 0.3) is 6.43 Å². The molecule has 2 rings (SSSR count). The van der Waals surface area contributed by atoms with Gasteiger partial charge in [0.2, 0.25) is 0 Å². The van der Waals surface area contributed by atoms with Crippen molar-refractivity contribution in [2.45, 2.75) is 6.43 Å². The average Bonchev–Trinajstić information content (AvgIpc) is 2.52. The molecule has 1 aromatic carbocycles. The van der Waals surface area contributed by atoms with Gasteiger partial charge in [0.15, 0.2) is 0 Å². The first-order chi connectivity index (χ1) is 6.61. The molecule has 0 bridgehead atoms. The molecule has 0 fully saturated rings. The van der Waals surface area contributed by atoms with E-state index >= 15 is 0 Å². The Labute approximate surface area is 87.5 Å². The van der Waals surface area contributed by atoms with Crippen LogP contribution in [-0.4, -0.2) is 5.11 Å². The lowest BCUT2D eigenvalue weighted by atomic mass is 10.1. The minimum Gasteiger partial charge on any atom is -0.506 e. The number of hydrogen-bond acceptors (Lipinski definition) is 2. The summed E-state index contributed by atoms with van der Waals surface area (Å²) in [6.45, 7) is 0. The SMILES string of the molecule is Oc1cc2sccc2c(C(F)F)c1Cl. The molecule has 0 spiro atoms. The Bertz CT molecular complexity index is 481. The van der Waals surface area contributed by atoms with Gasteiger partial charge >= 0.3 is 0 Å². The Balaban J connectivity index is 2.86. The third-order valence-corrected chi connectivity index (χ3v) is 3.19. The van der Waals surface area contributed by atoms with Gasteiger partial charge in [0.05, 0.1) is 5.02 Å². The van der Waals surface area contributed by atoms with E-state index in [2.05, 4.69) is 0 Å². The fraction of sp³-hybridized carbons (Fsp3) is 0.111. The smallest absolute Gasteiger partial charge is 0.266 e. The lowest BCUT2D eigenvalue weighted by Gasteiger charge is -2.06. The van der Waals surface area contributed by atoms with Gasteiger partial charge < -0.3 is 5.11 Å². The minimum absolute atomic E-state index is 0.258. The maximum atomic E-state index is 12.6. The topological polar surface area (TPSA) is 20.2 Å². The van der Waals surface area contributed by atoms with Crippen LogP contribution in [0, 0.1) is 0 Å². The lowest BCUT2D eigenvalue weighted by Crippen LogP contribution is -1.87. The summed E-state index contributed by atoms with van der Waals surface area (Å²) in [4.78, 5) is 0. The summed E-state index contributed by atoms with van der Waals surface area (Å²) in [6.07, 6.45) is -2.67. The normalized spacial score (nSPS) is 11.4. The van der Waals surface area contributed by atoms with Crippen LogP contribution in [0.1, 0.15) is 12.0 Å². The highest BCUT2D eigenvalue weighted by atomic mass is 35.5. The molecule has 5 heteroatoms. The molecule has 0 atom stereocenters. The summed E-state index contributed by atoms with van der Waals surface area (Å²) >= 11 is 6.89. The van der Waals surface area contributed by atoms with Crippen LogP contribution in [0.25, 0.3) is 10.1 Å². The van der Waals surface area contributed by atoms with E-state index in [4.69, 9.17) is 11.6 Å². The molecule has 0 radical (unpaired) electrons. The van der Waals surface area contributed by atoms with Crippen molar-refractivity contribution >= 4 is 33.0 Å². The van der Waals surface area contributed by atoms with E-state index in [9.17, 15) is 13.9 Å². The molecule has 0 aliphatic heterocycles. The molecule has 1 heterocycles. The Morgan fingerprint density at radius 2 is 2.14 bits per heavy atom. The van der Waals surface area contributed by atoms with Gasteiger partial charge in [0, 0.05) is 15.6 Å². The molecular weight excluding hydrogens is 230 g/mol. The van der Waals surface area contributed by atoms with Crippen LogP contribution >= 0.6 is 22.9 Å². The predicted octanol–water partition coefficient (Wildman–Crippen LogP) is 4.20. The molecule has 74 valence electrons. The number of fused-ring (bicyclic) bond motifs is 1. The Morgan fingerprint density at radius 1 is 1.43 bits per heavy atom. The average molecular weight is 235 g/mol. The van der Waals surface area contributed by atoms with Crippen LogP contribution in [0.15, 0.2) is 17.5 Å². The molecule has 0 amide bonds. The number of phenolic OH excluding ortho intramolecular Hbond substituents is 1. The van der Waals surface area contributed by atoms with Crippen molar-refractivity contribution in [3.8, 4) is 5.75 Å². The summed E-state index contributed by atoms with van der Waals surface area (Å²) in [5.41, 5.74) is -0.289. The van der Waals surface area contributed by atoms with Crippen LogP contribution in [-0.2, 0) is 0 Å². The molecule has 0 aliphatic carbocycles. The highest BCUT2D eigenvalue weighted by molar-refractivity contribution is 7.17. The van der Waals surface area contributed by atoms with Crippen molar-refractivity contribution in [1.82, 2.24) is 0 Å². The largest absolute Gasteiger partial charge is 0.506 e. The maximum absolute atomic E-state index is 12.6. The standard InChI is InChI=1S/C9H5ClF2OS/c10-8-5(13)3-6-4(1-2-14-6)7(8)9(11)12/h1-3,9,13H. The molecule has 0 saturated carbocycles. The summed E-state index contributed by atoms with van der Waals surface area (Å²) in [5, 5.41) is 11.1. The van der Waals surface area contributed by atoms with Crippen LogP contribution in [0.3, 0.4) is 0 Å². The highest BCUT2D eigenvalue weighted by Gasteiger charge is 2.19. The number of alkyl halides is 2. The Morgan fingerprint density at radius 3 is 2.79 bits per heavy atom. The molecule has 0 unspecified atom stereocenters. The fourth-order valence-electron chi connectivity index (χ4n) is 1.31. The summed E-state index contributed by atoms with van der Waals surface area (Å²) in [7, 11) is 0. The van der Waals surface area contributed by atoms with Gasteiger partial charge in [-0.15, -0.1) is 11.3 Å². The van der Waals surface area contributed by atoms with E-state index in [0.717, 1.165) is 0 Å². The number of aromatic hydroxyl groups is 1. The summed E-state index contributed by atoms with van der Waals surface area (Å²) in [5.74, 6) is -0.295. The number of phenols is 1. The monoisotopic (exact) mass is 234 g/mol. The summed E-state index contributed by atoms with van der Waals surface area (Å²) in [6, 6.07) is 2.97. The van der Waals surface area contributed by atoms with Gasteiger partial charge in [-0.05, 0) is 17.5 Å². The molecule has 14 heavy (non-hydrogen) atoms. The van der Waals surface area contributed by atoms with Crippen LogP contribution in [0.4, 0.5) is 8.78 Å². The second-order valence-electron chi connectivity index (χ2n) is 2.76. The van der Waals surface area contributed by atoms with Gasteiger partial charge in [-0.1, -0.05) is 11.6 Å². The third-order valence-electron chi connectivity index (χ3n) is 1.93. The quantitative estimate of drug-likeness (QED) is 0.784. The summed E-state index contributed by atoms with van der Waals surface area (Å²) < 4.78 is 25.9. The van der Waals surface area contributed by atoms with Gasteiger partial charge in [-0.2, -0.15) is 0 Å². The number of benzene rings is 1. The highest BCUT2D eigenvalue weighted by Crippen LogP contribution is 2.41. The van der Waals surface area contributed by atoms with E-state index in [-0.39, 0.29) is 16.3 Å². The molecule has 1 N–H and O–H groups in total. The van der Waals surface area contributed by atoms with E-state index < -0.39 is 6.43 Å². The van der Waals surface area contributed by atoms with Crippen molar-refractivity contribution in [2.75, 3.05) is 0 Å². The number of hydrogen-bond donors (Lipinski definition) is 1. The minimum atomic E-state index is -2.67. The number of thiophene rings is 1.